The van der Waals surface area contributed by atoms with Gasteiger partial charge in [-0.05, 0) is 31.0 Å². The van der Waals surface area contributed by atoms with Crippen molar-refractivity contribution in [2.24, 2.45) is 11.8 Å². The van der Waals surface area contributed by atoms with Crippen LogP contribution < -0.4 is 5.32 Å². The molecule has 0 unspecified atom stereocenters. The van der Waals surface area contributed by atoms with E-state index in [9.17, 15) is 14.4 Å². The summed E-state index contributed by atoms with van der Waals surface area (Å²) in [5.74, 6) is -0.964. The second kappa shape index (κ2) is 7.71. The van der Waals surface area contributed by atoms with Crippen LogP contribution in [0.3, 0.4) is 0 Å². The van der Waals surface area contributed by atoms with Crippen LogP contribution in [0, 0.1) is 11.8 Å². The van der Waals surface area contributed by atoms with Gasteiger partial charge in [0.2, 0.25) is 17.7 Å². The number of carbonyl (C=O) groups is 3. The van der Waals surface area contributed by atoms with Gasteiger partial charge in [-0.1, -0.05) is 24.4 Å². The minimum absolute atomic E-state index is 0.0280. The first-order valence-corrected chi connectivity index (χ1v) is 9.72. The fraction of sp³-hybridized carbons (Fsp3) is 0.421. The molecule has 1 aliphatic heterocycles. The van der Waals surface area contributed by atoms with Crippen molar-refractivity contribution in [1.82, 2.24) is 19.7 Å². The molecule has 1 aromatic carbocycles. The standard InChI is InChI=1S/C19H20ClN5O3/c20-12-5-6-16(25-11-21-10-22-25)15(9-12)23-17(26)7-8-24-18(27)13-3-1-2-4-14(13)19(24)28/h5-6,9-11,13-14H,1-4,7-8H2,(H,23,26)/t13-,14-/m1/s1. The Morgan fingerprint density at radius 2 is 1.89 bits per heavy atom. The molecule has 1 N–H and O–H groups in total. The van der Waals surface area contributed by atoms with Gasteiger partial charge in [-0.15, -0.1) is 0 Å². The number of nitrogens with zero attached hydrogens (tertiary/aromatic N) is 4. The largest absolute Gasteiger partial charge is 0.324 e. The highest BCUT2D eigenvalue weighted by molar-refractivity contribution is 6.31. The van der Waals surface area contributed by atoms with Gasteiger partial charge in [0.15, 0.2) is 0 Å². The minimum atomic E-state index is -0.306. The van der Waals surface area contributed by atoms with Crippen molar-refractivity contribution in [3.63, 3.8) is 0 Å². The maximum Gasteiger partial charge on any atom is 0.233 e. The second-order valence-electron chi connectivity index (χ2n) is 7.13. The molecule has 1 saturated heterocycles. The lowest BCUT2D eigenvalue weighted by Crippen LogP contribution is -2.34. The summed E-state index contributed by atoms with van der Waals surface area (Å²) in [4.78, 5) is 42.7. The third-order valence-electron chi connectivity index (χ3n) is 5.39. The van der Waals surface area contributed by atoms with E-state index in [1.807, 2.05) is 0 Å². The summed E-state index contributed by atoms with van der Waals surface area (Å²) in [5, 5.41) is 7.33. The van der Waals surface area contributed by atoms with Crippen molar-refractivity contribution in [2.45, 2.75) is 32.1 Å². The Morgan fingerprint density at radius 3 is 2.54 bits per heavy atom. The van der Waals surface area contributed by atoms with Gasteiger partial charge in [0.25, 0.3) is 0 Å². The topological polar surface area (TPSA) is 97.2 Å². The van der Waals surface area contributed by atoms with Gasteiger partial charge in [-0.3, -0.25) is 19.3 Å². The molecule has 1 saturated carbocycles. The molecule has 0 bridgehead atoms. The van der Waals surface area contributed by atoms with Gasteiger partial charge in [0.05, 0.1) is 23.2 Å². The summed E-state index contributed by atoms with van der Waals surface area (Å²) < 4.78 is 1.52. The zero-order valence-corrected chi connectivity index (χ0v) is 15.9. The number of aromatic nitrogens is 3. The predicted octanol–water partition coefficient (Wildman–Crippen LogP) is 2.42. The summed E-state index contributed by atoms with van der Waals surface area (Å²) in [7, 11) is 0. The summed E-state index contributed by atoms with van der Waals surface area (Å²) in [6.45, 7) is 0.0930. The molecule has 9 heteroatoms. The van der Waals surface area contributed by atoms with Gasteiger partial charge in [0.1, 0.15) is 12.7 Å². The van der Waals surface area contributed by atoms with Crippen LogP contribution in [0.4, 0.5) is 5.69 Å². The molecule has 28 heavy (non-hydrogen) atoms. The summed E-state index contributed by atoms with van der Waals surface area (Å²) in [6, 6.07) is 5.04. The first-order valence-electron chi connectivity index (χ1n) is 9.34. The monoisotopic (exact) mass is 401 g/mol. The zero-order chi connectivity index (χ0) is 19.7. The molecule has 3 amide bonds. The Kier molecular flexibility index (Phi) is 5.13. The number of hydrogen-bond acceptors (Lipinski definition) is 5. The van der Waals surface area contributed by atoms with Crippen LogP contribution in [-0.4, -0.2) is 43.9 Å². The van der Waals surface area contributed by atoms with Crippen molar-refractivity contribution < 1.29 is 14.4 Å². The molecule has 1 aliphatic carbocycles. The summed E-state index contributed by atoms with van der Waals surface area (Å²) >= 11 is 6.06. The first-order chi connectivity index (χ1) is 13.5. The fourth-order valence-corrected chi connectivity index (χ4v) is 4.19. The number of halogens is 1. The Balaban J connectivity index is 1.42. The van der Waals surface area contributed by atoms with Crippen molar-refractivity contribution in [2.75, 3.05) is 11.9 Å². The van der Waals surface area contributed by atoms with Crippen LogP contribution >= 0.6 is 11.6 Å². The van der Waals surface area contributed by atoms with Crippen LogP contribution in [0.25, 0.3) is 5.69 Å². The van der Waals surface area contributed by atoms with Gasteiger partial charge in [-0.25, -0.2) is 9.67 Å². The van der Waals surface area contributed by atoms with E-state index in [0.29, 0.717) is 16.4 Å². The highest BCUT2D eigenvalue weighted by Gasteiger charge is 2.47. The number of benzene rings is 1. The van der Waals surface area contributed by atoms with Crippen molar-refractivity contribution >= 4 is 35.0 Å². The smallest absolute Gasteiger partial charge is 0.233 e. The van der Waals surface area contributed by atoms with E-state index in [4.69, 9.17) is 11.6 Å². The molecular weight excluding hydrogens is 382 g/mol. The third kappa shape index (κ3) is 3.52. The first kappa shape index (κ1) is 18.6. The van der Waals surface area contributed by atoms with Gasteiger partial charge < -0.3 is 5.32 Å². The Bertz CT molecular complexity index is 890. The number of fused-ring (bicyclic) bond motifs is 1. The number of carbonyl (C=O) groups excluding carboxylic acids is 3. The number of rotatable bonds is 5. The molecule has 0 spiro atoms. The Labute approximate surface area is 166 Å². The number of nitrogens with one attached hydrogen (secondary N) is 1. The van der Waals surface area contributed by atoms with E-state index in [2.05, 4.69) is 15.4 Å². The fourth-order valence-electron chi connectivity index (χ4n) is 4.02. The van der Waals surface area contributed by atoms with Gasteiger partial charge >= 0.3 is 0 Å². The number of imide groups is 1. The van der Waals surface area contributed by atoms with Crippen molar-refractivity contribution in [1.29, 1.82) is 0 Å². The molecule has 2 aromatic rings. The van der Waals surface area contributed by atoms with Gasteiger partial charge in [0, 0.05) is 18.0 Å². The Morgan fingerprint density at radius 1 is 1.18 bits per heavy atom. The van der Waals surface area contributed by atoms with Crippen LogP contribution in [0.15, 0.2) is 30.9 Å². The number of anilines is 1. The van der Waals surface area contributed by atoms with E-state index >= 15 is 0 Å². The lowest BCUT2D eigenvalue weighted by Gasteiger charge is -2.19. The van der Waals surface area contributed by atoms with E-state index in [1.54, 1.807) is 18.2 Å². The van der Waals surface area contributed by atoms with Crippen LogP contribution in [0.1, 0.15) is 32.1 Å². The van der Waals surface area contributed by atoms with E-state index in [1.165, 1.54) is 22.2 Å². The Hall–Kier alpha value is -2.74. The number of hydrogen-bond donors (Lipinski definition) is 1. The number of likely N-dealkylation sites (tertiary alicyclic amines) is 1. The molecule has 0 radical (unpaired) electrons. The molecule has 4 rings (SSSR count). The van der Waals surface area contributed by atoms with Crippen LogP contribution in [0.5, 0.6) is 0 Å². The zero-order valence-electron chi connectivity index (χ0n) is 15.2. The molecule has 146 valence electrons. The molecular formula is C19H20ClN5O3. The molecule has 2 fully saturated rings. The highest BCUT2D eigenvalue weighted by Crippen LogP contribution is 2.38. The second-order valence-corrected chi connectivity index (χ2v) is 7.56. The van der Waals surface area contributed by atoms with Crippen molar-refractivity contribution in [3.8, 4) is 5.69 Å². The molecule has 2 heterocycles. The maximum absolute atomic E-state index is 12.5. The lowest BCUT2D eigenvalue weighted by molar-refractivity contribution is -0.140. The predicted molar refractivity (Wildman–Crippen MR) is 102 cm³/mol. The van der Waals surface area contributed by atoms with Crippen LogP contribution in [-0.2, 0) is 14.4 Å². The molecule has 2 atom stereocenters. The average molecular weight is 402 g/mol. The van der Waals surface area contributed by atoms with Crippen molar-refractivity contribution in [3.05, 3.63) is 35.9 Å². The SMILES string of the molecule is O=C(CCN1C(=O)[C@@H]2CCCC[C@H]2C1=O)Nc1cc(Cl)ccc1-n1cncn1. The lowest BCUT2D eigenvalue weighted by atomic mass is 9.81. The number of amides is 3. The molecule has 1 aromatic heterocycles. The summed E-state index contributed by atoms with van der Waals surface area (Å²) in [5.41, 5.74) is 1.10. The average Bonchev–Trinajstić information content (AvgIpc) is 3.29. The van der Waals surface area contributed by atoms with E-state index in [-0.39, 0.29) is 42.5 Å². The normalized spacial score (nSPS) is 21.7. The highest BCUT2D eigenvalue weighted by atomic mass is 35.5. The van der Waals surface area contributed by atoms with Crippen LogP contribution in [0.2, 0.25) is 5.02 Å². The van der Waals surface area contributed by atoms with Gasteiger partial charge in [-0.2, -0.15) is 5.10 Å². The quantitative estimate of drug-likeness (QED) is 0.776. The van der Waals surface area contributed by atoms with E-state index < -0.39 is 0 Å². The molecule has 2 aliphatic rings. The maximum atomic E-state index is 12.5. The summed E-state index contributed by atoms with van der Waals surface area (Å²) in [6.07, 6.45) is 6.43. The van der Waals surface area contributed by atoms with E-state index in [0.717, 1.165) is 25.7 Å². The third-order valence-corrected chi connectivity index (χ3v) is 5.63. The minimum Gasteiger partial charge on any atom is -0.324 e. The molecule has 8 nitrogen and oxygen atoms in total.